The summed E-state index contributed by atoms with van der Waals surface area (Å²) in [5.74, 6) is 0.871. The van der Waals surface area contributed by atoms with Gasteiger partial charge in [0.05, 0.1) is 37.1 Å². The first-order valence-corrected chi connectivity index (χ1v) is 8.34. The van der Waals surface area contributed by atoms with E-state index < -0.39 is 0 Å². The molecule has 0 saturated heterocycles. The molecule has 0 spiro atoms. The normalized spacial score (nSPS) is 13.7. The van der Waals surface area contributed by atoms with Crippen LogP contribution in [0.1, 0.15) is 31.1 Å². The number of amides is 1. The first-order chi connectivity index (χ1) is 11.3. The van der Waals surface area contributed by atoms with Gasteiger partial charge < -0.3 is 9.32 Å². The monoisotopic (exact) mass is 332 g/mol. The molecule has 1 aliphatic carbocycles. The van der Waals surface area contributed by atoms with E-state index >= 15 is 0 Å². The number of rotatable bonds is 8. The van der Waals surface area contributed by atoms with Gasteiger partial charge in [-0.1, -0.05) is 11.8 Å². The topological polar surface area (TPSA) is 101 Å². The Bertz CT molecular complexity index is 688. The Labute approximate surface area is 137 Å². The van der Waals surface area contributed by atoms with Gasteiger partial charge in [0, 0.05) is 6.54 Å². The summed E-state index contributed by atoms with van der Waals surface area (Å²) < 4.78 is 7.07. The average molecular weight is 332 g/mol. The molecule has 1 fully saturated rings. The van der Waals surface area contributed by atoms with Crippen LogP contribution >= 0.6 is 11.8 Å². The molecule has 23 heavy (non-hydrogen) atoms. The molecule has 8 nitrogen and oxygen atoms in total. The highest BCUT2D eigenvalue weighted by atomic mass is 32.2. The van der Waals surface area contributed by atoms with Crippen molar-refractivity contribution >= 4 is 17.7 Å². The van der Waals surface area contributed by atoms with Crippen LogP contribution in [0, 0.1) is 11.3 Å². The quantitative estimate of drug-likeness (QED) is 0.677. The van der Waals surface area contributed by atoms with Crippen LogP contribution < -0.4 is 0 Å². The molecule has 1 amide bonds. The van der Waals surface area contributed by atoms with Crippen molar-refractivity contribution < 1.29 is 9.21 Å². The van der Waals surface area contributed by atoms with Crippen LogP contribution in [0.2, 0.25) is 0 Å². The predicted octanol–water partition coefficient (Wildman–Crippen LogP) is 1.64. The third-order valence-corrected chi connectivity index (χ3v) is 4.37. The second kappa shape index (κ2) is 7.28. The van der Waals surface area contributed by atoms with E-state index in [0.29, 0.717) is 30.0 Å². The number of tetrazole rings is 1. The van der Waals surface area contributed by atoms with Crippen molar-refractivity contribution in [2.24, 2.45) is 0 Å². The Kier molecular flexibility index (Phi) is 4.92. The molecule has 0 N–H and O–H groups in total. The summed E-state index contributed by atoms with van der Waals surface area (Å²) in [5, 5.41) is 21.0. The number of hydrogen-bond acceptors (Lipinski definition) is 7. The number of aromatic nitrogens is 4. The summed E-state index contributed by atoms with van der Waals surface area (Å²) in [5.41, 5.74) is 0. The van der Waals surface area contributed by atoms with Gasteiger partial charge in [-0.25, -0.2) is 4.68 Å². The molecule has 2 aromatic rings. The minimum absolute atomic E-state index is 0.0630. The van der Waals surface area contributed by atoms with Crippen LogP contribution in [0.4, 0.5) is 0 Å². The molecule has 3 rings (SSSR count). The van der Waals surface area contributed by atoms with Gasteiger partial charge >= 0.3 is 0 Å². The fraction of sp³-hybridized carbons (Fsp3) is 0.500. The number of furan rings is 1. The van der Waals surface area contributed by atoms with Crippen LogP contribution in [-0.4, -0.2) is 43.3 Å². The zero-order valence-electron chi connectivity index (χ0n) is 12.5. The van der Waals surface area contributed by atoms with E-state index in [-0.39, 0.29) is 18.1 Å². The summed E-state index contributed by atoms with van der Waals surface area (Å²) in [7, 11) is 0. The SMILES string of the molecule is N#CCCN(Cc1ccco1)C(=O)CSc1nnnn1C1CC1. The van der Waals surface area contributed by atoms with E-state index in [2.05, 4.69) is 21.6 Å². The van der Waals surface area contributed by atoms with E-state index in [9.17, 15) is 4.79 Å². The van der Waals surface area contributed by atoms with Gasteiger partial charge in [-0.15, -0.1) is 5.10 Å². The molecule has 0 aromatic carbocycles. The summed E-state index contributed by atoms with van der Waals surface area (Å²) in [6.07, 6.45) is 4.02. The first kappa shape index (κ1) is 15.6. The van der Waals surface area contributed by atoms with Crippen molar-refractivity contribution in [1.29, 1.82) is 5.26 Å². The molecule has 9 heteroatoms. The van der Waals surface area contributed by atoms with Crippen molar-refractivity contribution in [3.8, 4) is 6.07 Å². The van der Waals surface area contributed by atoms with Crippen LogP contribution in [0.3, 0.4) is 0 Å². The lowest BCUT2D eigenvalue weighted by Crippen LogP contribution is -2.32. The lowest BCUT2D eigenvalue weighted by molar-refractivity contribution is -0.129. The number of nitrogens with zero attached hydrogens (tertiary/aromatic N) is 6. The number of thioether (sulfide) groups is 1. The molecule has 0 bridgehead atoms. The molecule has 2 aromatic heterocycles. The van der Waals surface area contributed by atoms with Crippen molar-refractivity contribution in [2.75, 3.05) is 12.3 Å². The molecule has 120 valence electrons. The molecule has 1 aliphatic rings. The number of nitriles is 1. The van der Waals surface area contributed by atoms with Gasteiger partial charge in [-0.05, 0) is 35.4 Å². The van der Waals surface area contributed by atoms with E-state index in [4.69, 9.17) is 9.68 Å². The van der Waals surface area contributed by atoms with E-state index in [1.807, 2.05) is 6.07 Å². The summed E-state index contributed by atoms with van der Waals surface area (Å²) in [4.78, 5) is 14.1. The third-order valence-electron chi connectivity index (χ3n) is 3.45. The Morgan fingerprint density at radius 1 is 1.57 bits per heavy atom. The van der Waals surface area contributed by atoms with E-state index in [1.165, 1.54) is 11.8 Å². The van der Waals surface area contributed by atoms with Gasteiger partial charge in [-0.2, -0.15) is 5.26 Å². The maximum Gasteiger partial charge on any atom is 0.233 e. The van der Waals surface area contributed by atoms with Crippen molar-refractivity contribution in [1.82, 2.24) is 25.1 Å². The lowest BCUT2D eigenvalue weighted by atomic mass is 10.3. The van der Waals surface area contributed by atoms with Gasteiger partial charge in [0.25, 0.3) is 0 Å². The highest BCUT2D eigenvalue weighted by Crippen LogP contribution is 2.36. The molecule has 0 unspecified atom stereocenters. The molecule has 0 aliphatic heterocycles. The summed E-state index contributed by atoms with van der Waals surface area (Å²) in [6, 6.07) is 6.03. The first-order valence-electron chi connectivity index (χ1n) is 7.35. The van der Waals surface area contributed by atoms with Gasteiger partial charge in [0.2, 0.25) is 11.1 Å². The Morgan fingerprint density at radius 3 is 3.13 bits per heavy atom. The smallest absolute Gasteiger partial charge is 0.233 e. The maximum absolute atomic E-state index is 12.4. The van der Waals surface area contributed by atoms with Crippen molar-refractivity contribution in [3.63, 3.8) is 0 Å². The minimum atomic E-state index is -0.0630. The van der Waals surface area contributed by atoms with Crippen LogP contribution in [0.25, 0.3) is 0 Å². The van der Waals surface area contributed by atoms with E-state index in [1.54, 1.807) is 21.9 Å². The Hall–Kier alpha value is -2.34. The van der Waals surface area contributed by atoms with Crippen LogP contribution in [0.5, 0.6) is 0 Å². The molecular weight excluding hydrogens is 316 g/mol. The maximum atomic E-state index is 12.4. The summed E-state index contributed by atoms with van der Waals surface area (Å²) >= 11 is 1.33. The predicted molar refractivity (Wildman–Crippen MR) is 81.2 cm³/mol. The standard InChI is InChI=1S/C14H16N6O2S/c15-6-2-7-19(9-12-3-1-8-22-12)13(21)10-23-14-16-17-18-20(14)11-4-5-11/h1,3,8,11H,2,4-5,7,9-10H2. The molecule has 0 atom stereocenters. The van der Waals surface area contributed by atoms with Crippen molar-refractivity contribution in [3.05, 3.63) is 24.2 Å². The van der Waals surface area contributed by atoms with Gasteiger partial charge in [0.1, 0.15) is 5.76 Å². The highest BCUT2D eigenvalue weighted by Gasteiger charge is 2.28. The molecule has 1 saturated carbocycles. The fourth-order valence-electron chi connectivity index (χ4n) is 2.11. The minimum Gasteiger partial charge on any atom is -0.467 e. The second-order valence-corrected chi connectivity index (χ2v) is 6.17. The Balaban J connectivity index is 1.58. The highest BCUT2D eigenvalue weighted by molar-refractivity contribution is 7.99. The number of hydrogen-bond donors (Lipinski definition) is 0. The number of carbonyl (C=O) groups is 1. The number of carbonyl (C=O) groups excluding carboxylic acids is 1. The van der Waals surface area contributed by atoms with Gasteiger partial charge in [-0.3, -0.25) is 4.79 Å². The van der Waals surface area contributed by atoms with Gasteiger partial charge in [0.15, 0.2) is 0 Å². The van der Waals surface area contributed by atoms with Crippen molar-refractivity contribution in [2.45, 2.75) is 37.0 Å². The molecular formula is C14H16N6O2S. The molecule has 0 radical (unpaired) electrons. The molecule has 2 heterocycles. The largest absolute Gasteiger partial charge is 0.467 e. The summed E-state index contributed by atoms with van der Waals surface area (Å²) in [6.45, 7) is 0.742. The zero-order chi connectivity index (χ0) is 16.1. The van der Waals surface area contributed by atoms with E-state index in [0.717, 1.165) is 12.8 Å². The van der Waals surface area contributed by atoms with Crippen LogP contribution in [0.15, 0.2) is 28.0 Å². The fourth-order valence-corrected chi connectivity index (χ4v) is 2.96. The van der Waals surface area contributed by atoms with Crippen LogP contribution in [-0.2, 0) is 11.3 Å². The lowest BCUT2D eigenvalue weighted by Gasteiger charge is -2.20. The Morgan fingerprint density at radius 2 is 2.43 bits per heavy atom. The average Bonchev–Trinajstić information content (AvgIpc) is 3.08. The second-order valence-electron chi connectivity index (χ2n) is 5.23. The third kappa shape index (κ3) is 4.10. The zero-order valence-corrected chi connectivity index (χ0v) is 13.3.